The Morgan fingerprint density at radius 3 is 2.79 bits per heavy atom. The summed E-state index contributed by atoms with van der Waals surface area (Å²) in [6.07, 6.45) is 5.83. The Kier molecular flexibility index (Phi) is 2.82. The third kappa shape index (κ3) is 2.13. The van der Waals surface area contributed by atoms with Crippen molar-refractivity contribution >= 4 is 17.4 Å². The van der Waals surface area contributed by atoms with Crippen LogP contribution in [0.2, 0.25) is 5.02 Å². The Labute approximate surface area is 88.3 Å². The minimum Gasteiger partial charge on any atom is -0.292 e. The highest BCUT2D eigenvalue weighted by Gasteiger charge is 2.21. The number of Topliss-reactive ketones (excluding diaryl/α,β-unsaturated/α-hetero) is 1. The maximum atomic E-state index is 11.7. The van der Waals surface area contributed by atoms with Crippen molar-refractivity contribution in [3.63, 3.8) is 0 Å². The van der Waals surface area contributed by atoms with Gasteiger partial charge in [-0.15, -0.1) is 0 Å². The van der Waals surface area contributed by atoms with E-state index in [4.69, 9.17) is 11.6 Å². The van der Waals surface area contributed by atoms with E-state index in [0.717, 1.165) is 0 Å². The zero-order chi connectivity index (χ0) is 9.97. The van der Waals surface area contributed by atoms with E-state index in [9.17, 15) is 4.79 Å². The number of ketones is 1. The maximum Gasteiger partial charge on any atom is 0.181 e. The third-order valence-electron chi connectivity index (χ3n) is 2.71. The molecule has 3 heteroatoms. The smallest absolute Gasteiger partial charge is 0.181 e. The Hall–Kier alpha value is -0.890. The molecule has 0 aliphatic heterocycles. The summed E-state index contributed by atoms with van der Waals surface area (Å²) in [5.41, 5.74) is 0.543. The summed E-state index contributed by atoms with van der Waals surface area (Å²) in [6.45, 7) is 0. The zero-order valence-electron chi connectivity index (χ0n) is 7.87. The van der Waals surface area contributed by atoms with Crippen LogP contribution in [-0.2, 0) is 0 Å². The number of carbonyl (C=O) groups is 1. The first-order valence-electron chi connectivity index (χ1n) is 4.90. The van der Waals surface area contributed by atoms with Gasteiger partial charge in [0.1, 0.15) is 5.69 Å². The van der Waals surface area contributed by atoms with E-state index in [1.807, 2.05) is 0 Å². The lowest BCUT2D eigenvalue weighted by Gasteiger charge is -2.24. The molecule has 0 bridgehead atoms. The third-order valence-corrected chi connectivity index (χ3v) is 2.94. The van der Waals surface area contributed by atoms with Crippen LogP contribution in [0.5, 0.6) is 0 Å². The molecule has 1 saturated carbocycles. The number of pyridine rings is 1. The second-order valence-electron chi connectivity index (χ2n) is 3.79. The van der Waals surface area contributed by atoms with Gasteiger partial charge in [0.2, 0.25) is 0 Å². The normalized spacial score (nSPS) is 16.4. The highest BCUT2D eigenvalue weighted by molar-refractivity contribution is 6.30. The second kappa shape index (κ2) is 4.09. The summed E-state index contributed by atoms with van der Waals surface area (Å²) in [7, 11) is 0. The van der Waals surface area contributed by atoms with Crippen molar-refractivity contribution in [3.05, 3.63) is 29.0 Å². The van der Waals surface area contributed by atoms with Crippen LogP contribution in [0.15, 0.2) is 18.3 Å². The summed E-state index contributed by atoms with van der Waals surface area (Å²) in [4.78, 5) is 15.7. The fraction of sp³-hybridized carbons (Fsp3) is 0.455. The Morgan fingerprint density at radius 1 is 1.50 bits per heavy atom. The van der Waals surface area contributed by atoms with Crippen LogP contribution >= 0.6 is 11.6 Å². The molecule has 1 aromatic heterocycles. The number of hydrogen-bond donors (Lipinski definition) is 0. The molecule has 0 unspecified atom stereocenters. The van der Waals surface area contributed by atoms with Gasteiger partial charge in [0.25, 0.3) is 0 Å². The van der Waals surface area contributed by atoms with Gasteiger partial charge in [-0.3, -0.25) is 9.78 Å². The molecule has 0 amide bonds. The molecule has 14 heavy (non-hydrogen) atoms. The predicted molar refractivity (Wildman–Crippen MR) is 55.5 cm³/mol. The van der Waals surface area contributed by atoms with Crippen LogP contribution in [0.3, 0.4) is 0 Å². The summed E-state index contributed by atoms with van der Waals surface area (Å²) < 4.78 is 0. The van der Waals surface area contributed by atoms with Crippen LogP contribution in [0, 0.1) is 5.92 Å². The minimum absolute atomic E-state index is 0.145. The van der Waals surface area contributed by atoms with Gasteiger partial charge in [-0.1, -0.05) is 30.9 Å². The molecule has 74 valence electrons. The van der Waals surface area contributed by atoms with Crippen molar-refractivity contribution in [1.82, 2.24) is 4.98 Å². The quantitative estimate of drug-likeness (QED) is 0.716. The first-order valence-corrected chi connectivity index (χ1v) is 5.28. The van der Waals surface area contributed by atoms with Crippen LogP contribution in [0.25, 0.3) is 0 Å². The Balaban J connectivity index is 1.99. The van der Waals surface area contributed by atoms with E-state index in [1.165, 1.54) is 25.5 Å². The van der Waals surface area contributed by atoms with Crippen molar-refractivity contribution in [2.75, 3.05) is 0 Å². The number of rotatable bonds is 3. The summed E-state index contributed by atoms with van der Waals surface area (Å²) in [6, 6.07) is 3.41. The van der Waals surface area contributed by atoms with Crippen molar-refractivity contribution in [2.45, 2.75) is 25.7 Å². The van der Waals surface area contributed by atoms with Gasteiger partial charge in [-0.2, -0.15) is 0 Å². The molecular weight excluding hydrogens is 198 g/mol. The molecule has 1 aromatic rings. The fourth-order valence-corrected chi connectivity index (χ4v) is 1.72. The molecule has 2 nitrogen and oxygen atoms in total. The molecule has 1 fully saturated rings. The molecular formula is C11H12ClNO. The SMILES string of the molecule is O=C(CC1CCC1)c1ccc(Cl)cn1. The van der Waals surface area contributed by atoms with Crippen LogP contribution in [0.1, 0.15) is 36.2 Å². The lowest BCUT2D eigenvalue weighted by atomic mass is 9.81. The standard InChI is InChI=1S/C11H12ClNO/c12-9-4-5-10(13-7-9)11(14)6-8-2-1-3-8/h4-5,7-8H,1-3,6H2. The molecule has 1 heterocycles. The minimum atomic E-state index is 0.145. The highest BCUT2D eigenvalue weighted by atomic mass is 35.5. The largest absolute Gasteiger partial charge is 0.292 e. The average Bonchev–Trinajstić information content (AvgIpc) is 2.12. The zero-order valence-corrected chi connectivity index (χ0v) is 8.63. The van der Waals surface area contributed by atoms with Crippen LogP contribution in [0.4, 0.5) is 0 Å². The van der Waals surface area contributed by atoms with Crippen molar-refractivity contribution < 1.29 is 4.79 Å². The molecule has 2 rings (SSSR count). The number of nitrogens with zero attached hydrogens (tertiary/aromatic N) is 1. The highest BCUT2D eigenvalue weighted by Crippen LogP contribution is 2.30. The first-order chi connectivity index (χ1) is 6.75. The molecule has 0 saturated heterocycles. The Bertz CT molecular complexity index is 330. The van der Waals surface area contributed by atoms with E-state index < -0.39 is 0 Å². The Morgan fingerprint density at radius 2 is 2.29 bits per heavy atom. The molecule has 0 aromatic carbocycles. The van der Waals surface area contributed by atoms with Crippen LogP contribution in [-0.4, -0.2) is 10.8 Å². The lowest BCUT2D eigenvalue weighted by Crippen LogP contribution is -2.16. The van der Waals surface area contributed by atoms with Crippen LogP contribution < -0.4 is 0 Å². The van der Waals surface area contributed by atoms with Gasteiger partial charge in [0.15, 0.2) is 5.78 Å². The van der Waals surface area contributed by atoms with E-state index >= 15 is 0 Å². The van der Waals surface area contributed by atoms with E-state index in [2.05, 4.69) is 4.98 Å². The number of carbonyl (C=O) groups excluding carboxylic acids is 1. The van der Waals surface area contributed by atoms with E-state index in [-0.39, 0.29) is 5.78 Å². The molecule has 0 spiro atoms. The monoisotopic (exact) mass is 209 g/mol. The maximum absolute atomic E-state index is 11.7. The van der Waals surface area contributed by atoms with Gasteiger partial charge in [0.05, 0.1) is 5.02 Å². The first kappa shape index (κ1) is 9.66. The molecule has 0 atom stereocenters. The number of aromatic nitrogens is 1. The summed E-state index contributed by atoms with van der Waals surface area (Å²) >= 11 is 5.69. The van der Waals surface area contributed by atoms with Gasteiger partial charge in [-0.05, 0) is 18.1 Å². The van der Waals surface area contributed by atoms with Gasteiger partial charge in [-0.25, -0.2) is 0 Å². The number of hydrogen-bond acceptors (Lipinski definition) is 2. The predicted octanol–water partition coefficient (Wildman–Crippen LogP) is 3.11. The van der Waals surface area contributed by atoms with E-state index in [1.54, 1.807) is 12.1 Å². The fourth-order valence-electron chi connectivity index (χ4n) is 1.60. The second-order valence-corrected chi connectivity index (χ2v) is 4.22. The van der Waals surface area contributed by atoms with Gasteiger partial charge >= 0.3 is 0 Å². The van der Waals surface area contributed by atoms with Gasteiger partial charge < -0.3 is 0 Å². The topological polar surface area (TPSA) is 30.0 Å². The molecule has 0 radical (unpaired) electrons. The number of halogens is 1. The van der Waals surface area contributed by atoms with Crippen molar-refractivity contribution in [3.8, 4) is 0 Å². The average molecular weight is 210 g/mol. The summed E-state index contributed by atoms with van der Waals surface area (Å²) in [5, 5.41) is 0.574. The van der Waals surface area contributed by atoms with E-state index in [0.29, 0.717) is 23.1 Å². The van der Waals surface area contributed by atoms with Gasteiger partial charge in [0, 0.05) is 12.6 Å². The van der Waals surface area contributed by atoms with Crippen molar-refractivity contribution in [2.24, 2.45) is 5.92 Å². The van der Waals surface area contributed by atoms with Crippen molar-refractivity contribution in [1.29, 1.82) is 0 Å². The summed E-state index contributed by atoms with van der Waals surface area (Å²) in [5.74, 6) is 0.742. The molecule has 0 N–H and O–H groups in total. The lowest BCUT2D eigenvalue weighted by molar-refractivity contribution is 0.0931. The molecule has 1 aliphatic rings. The molecule has 1 aliphatic carbocycles.